The van der Waals surface area contributed by atoms with Gasteiger partial charge in [0, 0.05) is 0 Å². The van der Waals surface area contributed by atoms with Crippen LogP contribution in [0.1, 0.15) is 15.9 Å². The van der Waals surface area contributed by atoms with E-state index in [1.165, 1.54) is 50.8 Å². The Bertz CT molecular complexity index is 971. The van der Waals surface area contributed by atoms with E-state index in [4.69, 9.17) is 13.9 Å². The Morgan fingerprint density at radius 2 is 1.96 bits per heavy atom. The quantitative estimate of drug-likeness (QED) is 0.556. The summed E-state index contributed by atoms with van der Waals surface area (Å²) in [6.45, 7) is 0. The summed E-state index contributed by atoms with van der Waals surface area (Å²) in [5.41, 5.74) is 0.742. The molecule has 2 aromatic carbocycles. The van der Waals surface area contributed by atoms with E-state index in [1.807, 2.05) is 0 Å². The average Bonchev–Trinajstić information content (AvgIpc) is 3.08. The molecule has 0 amide bonds. The summed E-state index contributed by atoms with van der Waals surface area (Å²) in [4.78, 5) is 12.6. The van der Waals surface area contributed by atoms with E-state index in [9.17, 15) is 14.3 Å². The first kappa shape index (κ1) is 16.6. The zero-order valence-corrected chi connectivity index (χ0v) is 13.6. The van der Waals surface area contributed by atoms with Gasteiger partial charge in [0.05, 0.1) is 25.9 Å². The minimum Gasteiger partial charge on any atom is -0.504 e. The lowest BCUT2D eigenvalue weighted by Crippen LogP contribution is -2.02. The van der Waals surface area contributed by atoms with Crippen LogP contribution < -0.4 is 9.47 Å². The lowest BCUT2D eigenvalue weighted by atomic mass is 10.0. The van der Waals surface area contributed by atoms with Crippen LogP contribution in [0.5, 0.6) is 17.2 Å². The van der Waals surface area contributed by atoms with Crippen LogP contribution in [0, 0.1) is 5.82 Å². The number of hydrogen-bond donors (Lipinski definition) is 1. The topological polar surface area (TPSA) is 68.9 Å². The van der Waals surface area contributed by atoms with Crippen molar-refractivity contribution in [2.24, 2.45) is 0 Å². The Hall–Kier alpha value is -3.28. The van der Waals surface area contributed by atoms with Crippen LogP contribution in [0.3, 0.4) is 0 Å². The molecule has 0 aliphatic heterocycles. The number of carbonyl (C=O) groups is 1. The summed E-state index contributed by atoms with van der Waals surface area (Å²) in [6.07, 6.45) is 4.10. The summed E-state index contributed by atoms with van der Waals surface area (Å²) in [7, 11) is 2.75. The van der Waals surface area contributed by atoms with Gasteiger partial charge in [-0.25, -0.2) is 4.39 Å². The van der Waals surface area contributed by atoms with Crippen LogP contribution in [-0.2, 0) is 0 Å². The molecule has 0 radical (unpaired) electrons. The van der Waals surface area contributed by atoms with E-state index in [2.05, 4.69) is 0 Å². The maximum Gasteiger partial charge on any atom is 0.205 e. The van der Waals surface area contributed by atoms with E-state index in [0.717, 1.165) is 0 Å². The van der Waals surface area contributed by atoms with Crippen molar-refractivity contribution in [1.82, 2.24) is 0 Å². The largest absolute Gasteiger partial charge is 0.504 e. The molecular weight excluding hydrogens is 327 g/mol. The number of halogens is 1. The molecule has 1 N–H and O–H groups in total. The first-order valence-electron chi connectivity index (χ1n) is 7.39. The second-order valence-electron chi connectivity index (χ2n) is 5.21. The summed E-state index contributed by atoms with van der Waals surface area (Å²) < 4.78 is 29.0. The van der Waals surface area contributed by atoms with Gasteiger partial charge in [0.25, 0.3) is 0 Å². The Balaban J connectivity index is 2.10. The molecule has 5 nitrogen and oxygen atoms in total. The minimum absolute atomic E-state index is 0.0447. The molecule has 0 aliphatic rings. The third-order valence-electron chi connectivity index (χ3n) is 3.73. The number of fused-ring (bicyclic) bond motifs is 1. The Kier molecular flexibility index (Phi) is 4.43. The Morgan fingerprint density at radius 1 is 1.20 bits per heavy atom. The Labute approximate surface area is 142 Å². The van der Waals surface area contributed by atoms with Crippen molar-refractivity contribution in [2.45, 2.75) is 0 Å². The monoisotopic (exact) mass is 342 g/mol. The normalized spacial score (nSPS) is 11.2. The molecule has 0 atom stereocenters. The van der Waals surface area contributed by atoms with Crippen LogP contribution in [0.25, 0.3) is 17.0 Å². The van der Waals surface area contributed by atoms with Gasteiger partial charge in [0.2, 0.25) is 5.75 Å². The predicted octanol–water partition coefficient (Wildman–Crippen LogP) is 4.19. The SMILES string of the molecule is COc1c(C(=O)/C=C/c2cccc(F)c2)c(O)c(OC)c2occc12. The fourth-order valence-electron chi connectivity index (χ4n) is 2.62. The third-order valence-corrected chi connectivity index (χ3v) is 3.73. The van der Waals surface area contributed by atoms with Crippen LogP contribution in [-0.4, -0.2) is 25.1 Å². The fourth-order valence-corrected chi connectivity index (χ4v) is 2.62. The summed E-state index contributed by atoms with van der Waals surface area (Å²) >= 11 is 0. The van der Waals surface area contributed by atoms with E-state index in [0.29, 0.717) is 10.9 Å². The molecule has 3 aromatic rings. The summed E-state index contributed by atoms with van der Waals surface area (Å²) in [6, 6.07) is 7.41. The van der Waals surface area contributed by atoms with Crippen LogP contribution in [0.15, 0.2) is 47.1 Å². The van der Waals surface area contributed by atoms with E-state index < -0.39 is 11.6 Å². The highest BCUT2D eigenvalue weighted by Gasteiger charge is 2.26. The first-order chi connectivity index (χ1) is 12.1. The van der Waals surface area contributed by atoms with Gasteiger partial charge >= 0.3 is 0 Å². The number of methoxy groups -OCH3 is 2. The number of ether oxygens (including phenoxy) is 2. The predicted molar refractivity (Wildman–Crippen MR) is 90.7 cm³/mol. The molecule has 1 aromatic heterocycles. The second kappa shape index (κ2) is 6.68. The van der Waals surface area contributed by atoms with Gasteiger partial charge in [0.15, 0.2) is 17.1 Å². The number of phenolic OH excluding ortho intramolecular Hbond substituents is 1. The number of rotatable bonds is 5. The highest BCUT2D eigenvalue weighted by atomic mass is 19.1. The number of ketones is 1. The molecule has 0 saturated heterocycles. The number of aromatic hydroxyl groups is 1. The lowest BCUT2D eigenvalue weighted by Gasteiger charge is -2.13. The molecule has 0 fully saturated rings. The van der Waals surface area contributed by atoms with E-state index >= 15 is 0 Å². The number of benzene rings is 2. The average molecular weight is 342 g/mol. The highest BCUT2D eigenvalue weighted by molar-refractivity contribution is 6.15. The zero-order chi connectivity index (χ0) is 18.0. The van der Waals surface area contributed by atoms with Crippen molar-refractivity contribution < 1.29 is 28.2 Å². The maximum atomic E-state index is 13.2. The smallest absolute Gasteiger partial charge is 0.205 e. The standard InChI is InChI=1S/C19H15FO5/c1-23-17-13-8-9-25-18(13)19(24-2)16(22)15(17)14(21)7-6-11-4-3-5-12(20)10-11/h3-10,22H,1-2H3/b7-6+. The van der Waals surface area contributed by atoms with Gasteiger partial charge in [0.1, 0.15) is 17.1 Å². The Morgan fingerprint density at radius 3 is 2.64 bits per heavy atom. The van der Waals surface area contributed by atoms with Crippen LogP contribution >= 0.6 is 0 Å². The first-order valence-corrected chi connectivity index (χ1v) is 7.39. The molecule has 6 heteroatoms. The van der Waals surface area contributed by atoms with Crippen molar-refractivity contribution in [1.29, 1.82) is 0 Å². The molecule has 1 heterocycles. The molecule has 0 saturated carbocycles. The van der Waals surface area contributed by atoms with E-state index in [1.54, 1.807) is 12.1 Å². The second-order valence-corrected chi connectivity index (χ2v) is 5.21. The maximum absolute atomic E-state index is 13.2. The van der Waals surface area contributed by atoms with Crippen LogP contribution in [0.4, 0.5) is 4.39 Å². The van der Waals surface area contributed by atoms with Crippen molar-refractivity contribution in [3.8, 4) is 17.2 Å². The van der Waals surface area contributed by atoms with Crippen molar-refractivity contribution in [2.75, 3.05) is 14.2 Å². The van der Waals surface area contributed by atoms with E-state index in [-0.39, 0.29) is 28.4 Å². The minimum atomic E-state index is -0.514. The molecule has 0 spiro atoms. The zero-order valence-electron chi connectivity index (χ0n) is 13.6. The number of carbonyl (C=O) groups excluding carboxylic acids is 1. The third kappa shape index (κ3) is 2.94. The summed E-state index contributed by atoms with van der Waals surface area (Å²) in [5, 5.41) is 10.9. The number of hydrogen-bond acceptors (Lipinski definition) is 5. The highest BCUT2D eigenvalue weighted by Crippen LogP contribution is 2.45. The van der Waals surface area contributed by atoms with Gasteiger partial charge in [-0.05, 0) is 29.8 Å². The van der Waals surface area contributed by atoms with Crippen molar-refractivity contribution >= 4 is 22.8 Å². The number of phenols is 1. The molecular formula is C19H15FO5. The fraction of sp³-hybridized carbons (Fsp3) is 0.105. The lowest BCUT2D eigenvalue weighted by molar-refractivity contribution is 0.104. The van der Waals surface area contributed by atoms with Crippen molar-refractivity contribution in [3.63, 3.8) is 0 Å². The van der Waals surface area contributed by atoms with Gasteiger partial charge in [-0.2, -0.15) is 0 Å². The van der Waals surface area contributed by atoms with Gasteiger partial charge in [-0.3, -0.25) is 4.79 Å². The number of furan rings is 1. The molecule has 0 unspecified atom stereocenters. The van der Waals surface area contributed by atoms with Gasteiger partial charge < -0.3 is 19.0 Å². The molecule has 0 aliphatic carbocycles. The van der Waals surface area contributed by atoms with Gasteiger partial charge in [-0.15, -0.1) is 0 Å². The van der Waals surface area contributed by atoms with Crippen molar-refractivity contribution in [3.05, 3.63) is 59.6 Å². The van der Waals surface area contributed by atoms with Crippen LogP contribution in [0.2, 0.25) is 0 Å². The molecule has 128 valence electrons. The number of allylic oxidation sites excluding steroid dienone is 1. The molecule has 0 bridgehead atoms. The summed E-state index contributed by atoms with van der Waals surface area (Å²) in [5.74, 6) is -1.08. The molecule has 3 rings (SSSR count). The molecule has 25 heavy (non-hydrogen) atoms. The van der Waals surface area contributed by atoms with Gasteiger partial charge in [-0.1, -0.05) is 18.2 Å².